The summed E-state index contributed by atoms with van der Waals surface area (Å²) in [5.41, 5.74) is 1.12. The molecule has 0 radical (unpaired) electrons. The number of nitrogens with zero attached hydrogens (tertiary/aromatic N) is 3. The molecule has 0 bridgehead atoms. The molecule has 2 rings (SSSR count). The first kappa shape index (κ1) is 13.1. The van der Waals surface area contributed by atoms with Crippen LogP contribution < -0.4 is 10.2 Å². The first-order chi connectivity index (χ1) is 8.65. The maximum atomic E-state index is 5.41. The fourth-order valence-electron chi connectivity index (χ4n) is 2.37. The lowest BCUT2D eigenvalue weighted by Gasteiger charge is -2.21. The summed E-state index contributed by atoms with van der Waals surface area (Å²) in [7, 11) is 1.77. The summed E-state index contributed by atoms with van der Waals surface area (Å²) in [6.45, 7) is 8.88. The Kier molecular flexibility index (Phi) is 4.01. The van der Waals surface area contributed by atoms with Gasteiger partial charge in [-0.05, 0) is 27.2 Å². The van der Waals surface area contributed by atoms with E-state index in [1.807, 2.05) is 6.92 Å². The van der Waals surface area contributed by atoms with Crippen LogP contribution in [0.5, 0.6) is 0 Å². The quantitative estimate of drug-likeness (QED) is 0.882. The van der Waals surface area contributed by atoms with Gasteiger partial charge in [-0.15, -0.1) is 0 Å². The highest BCUT2D eigenvalue weighted by molar-refractivity contribution is 5.59. The third-order valence-electron chi connectivity index (χ3n) is 3.35. The van der Waals surface area contributed by atoms with Crippen LogP contribution in [0.3, 0.4) is 0 Å². The fourth-order valence-corrected chi connectivity index (χ4v) is 2.37. The van der Waals surface area contributed by atoms with Crippen LogP contribution in [-0.4, -0.2) is 42.8 Å². The normalized spacial score (nSPS) is 19.3. The van der Waals surface area contributed by atoms with Crippen molar-refractivity contribution in [3.63, 3.8) is 0 Å². The molecule has 1 unspecified atom stereocenters. The smallest absolute Gasteiger partial charge is 0.137 e. The maximum absolute atomic E-state index is 5.41. The molecule has 1 aliphatic heterocycles. The van der Waals surface area contributed by atoms with E-state index in [-0.39, 0.29) is 0 Å². The van der Waals surface area contributed by atoms with Gasteiger partial charge in [-0.25, -0.2) is 9.97 Å². The van der Waals surface area contributed by atoms with Gasteiger partial charge in [-0.1, -0.05) is 0 Å². The summed E-state index contributed by atoms with van der Waals surface area (Å²) in [6, 6.07) is 0. The second kappa shape index (κ2) is 5.52. The van der Waals surface area contributed by atoms with E-state index >= 15 is 0 Å². The molecule has 1 atom stereocenters. The van der Waals surface area contributed by atoms with E-state index in [1.165, 1.54) is 0 Å². The second-order valence-corrected chi connectivity index (χ2v) is 4.69. The number of aryl methyl sites for hydroxylation is 1. The SMILES string of the molecule is CCNc1nc(C)nc(N2CCC(OC)C2)c1C. The predicted octanol–water partition coefficient (Wildman–Crippen LogP) is 1.75. The second-order valence-electron chi connectivity index (χ2n) is 4.69. The van der Waals surface area contributed by atoms with Crippen LogP contribution in [-0.2, 0) is 4.74 Å². The zero-order valence-corrected chi connectivity index (χ0v) is 11.7. The summed E-state index contributed by atoms with van der Waals surface area (Å²) in [6.07, 6.45) is 1.39. The van der Waals surface area contributed by atoms with E-state index in [0.29, 0.717) is 6.10 Å². The van der Waals surface area contributed by atoms with Crippen LogP contribution in [0.1, 0.15) is 24.7 Å². The molecule has 5 nitrogen and oxygen atoms in total. The molecule has 100 valence electrons. The van der Waals surface area contributed by atoms with Crippen LogP contribution in [0.2, 0.25) is 0 Å². The van der Waals surface area contributed by atoms with E-state index in [4.69, 9.17) is 4.74 Å². The van der Waals surface area contributed by atoms with Gasteiger partial charge in [0.05, 0.1) is 6.10 Å². The molecule has 1 aliphatic rings. The predicted molar refractivity (Wildman–Crippen MR) is 73.3 cm³/mol. The number of rotatable bonds is 4. The number of ether oxygens (including phenoxy) is 1. The zero-order valence-electron chi connectivity index (χ0n) is 11.7. The first-order valence-corrected chi connectivity index (χ1v) is 6.52. The van der Waals surface area contributed by atoms with Gasteiger partial charge in [0.2, 0.25) is 0 Å². The topological polar surface area (TPSA) is 50.3 Å². The molecular weight excluding hydrogens is 228 g/mol. The summed E-state index contributed by atoms with van der Waals surface area (Å²) in [5.74, 6) is 2.80. The van der Waals surface area contributed by atoms with Gasteiger partial charge in [0.15, 0.2) is 0 Å². The lowest BCUT2D eigenvalue weighted by molar-refractivity contribution is 0.121. The molecule has 1 fully saturated rings. The van der Waals surface area contributed by atoms with Crippen molar-refractivity contribution >= 4 is 11.6 Å². The zero-order chi connectivity index (χ0) is 13.1. The molecule has 1 aromatic heterocycles. The number of nitrogens with one attached hydrogen (secondary N) is 1. The minimum absolute atomic E-state index is 0.322. The molecule has 1 N–H and O–H groups in total. The van der Waals surface area contributed by atoms with Crippen molar-refractivity contribution in [2.75, 3.05) is 37.0 Å². The van der Waals surface area contributed by atoms with E-state index in [2.05, 4.69) is 34.0 Å². The highest BCUT2D eigenvalue weighted by atomic mass is 16.5. The van der Waals surface area contributed by atoms with Crippen LogP contribution in [0.15, 0.2) is 0 Å². The minimum Gasteiger partial charge on any atom is -0.380 e. The summed E-state index contributed by atoms with van der Waals surface area (Å²) >= 11 is 0. The average molecular weight is 250 g/mol. The van der Waals surface area contributed by atoms with E-state index in [9.17, 15) is 0 Å². The standard InChI is InChI=1S/C13H22N4O/c1-5-14-12-9(2)13(16-10(3)15-12)17-7-6-11(8-17)18-4/h11H,5-8H2,1-4H3,(H,14,15,16). The molecule has 0 amide bonds. The molecule has 1 saturated heterocycles. The first-order valence-electron chi connectivity index (χ1n) is 6.52. The summed E-state index contributed by atoms with van der Waals surface area (Å²) in [5, 5.41) is 3.30. The largest absolute Gasteiger partial charge is 0.380 e. The van der Waals surface area contributed by atoms with Crippen molar-refractivity contribution < 1.29 is 4.74 Å². The molecule has 0 spiro atoms. The highest BCUT2D eigenvalue weighted by Crippen LogP contribution is 2.27. The number of anilines is 2. The van der Waals surface area contributed by atoms with Crippen LogP contribution in [0.4, 0.5) is 11.6 Å². The Morgan fingerprint density at radius 1 is 1.39 bits per heavy atom. The molecular formula is C13H22N4O. The average Bonchev–Trinajstić information content (AvgIpc) is 2.82. The number of hydrogen-bond acceptors (Lipinski definition) is 5. The van der Waals surface area contributed by atoms with E-state index in [0.717, 1.165) is 49.1 Å². The van der Waals surface area contributed by atoms with Gasteiger partial charge < -0.3 is 15.0 Å². The van der Waals surface area contributed by atoms with Crippen LogP contribution in [0.25, 0.3) is 0 Å². The van der Waals surface area contributed by atoms with Crippen LogP contribution in [0, 0.1) is 13.8 Å². The van der Waals surface area contributed by atoms with Gasteiger partial charge in [0.1, 0.15) is 17.5 Å². The van der Waals surface area contributed by atoms with E-state index < -0.39 is 0 Å². The Hall–Kier alpha value is -1.36. The lowest BCUT2D eigenvalue weighted by Crippen LogP contribution is -2.25. The van der Waals surface area contributed by atoms with Crippen molar-refractivity contribution in [1.29, 1.82) is 0 Å². The Balaban J connectivity index is 2.27. The van der Waals surface area contributed by atoms with Crippen LogP contribution >= 0.6 is 0 Å². The van der Waals surface area contributed by atoms with Gasteiger partial charge in [-0.3, -0.25) is 0 Å². The highest BCUT2D eigenvalue weighted by Gasteiger charge is 2.25. The fraction of sp³-hybridized carbons (Fsp3) is 0.692. The van der Waals surface area contributed by atoms with Crippen molar-refractivity contribution in [1.82, 2.24) is 9.97 Å². The minimum atomic E-state index is 0.322. The van der Waals surface area contributed by atoms with Gasteiger partial charge in [0, 0.05) is 32.3 Å². The van der Waals surface area contributed by atoms with Crippen molar-refractivity contribution in [3.8, 4) is 0 Å². The van der Waals surface area contributed by atoms with Crippen molar-refractivity contribution in [2.45, 2.75) is 33.3 Å². The number of methoxy groups -OCH3 is 1. The lowest BCUT2D eigenvalue weighted by atomic mass is 10.3. The molecule has 0 aromatic carbocycles. The van der Waals surface area contributed by atoms with Gasteiger partial charge in [-0.2, -0.15) is 0 Å². The molecule has 18 heavy (non-hydrogen) atoms. The monoisotopic (exact) mass is 250 g/mol. The summed E-state index contributed by atoms with van der Waals surface area (Å²) in [4.78, 5) is 11.3. The van der Waals surface area contributed by atoms with Gasteiger partial charge in [0.25, 0.3) is 0 Å². The third kappa shape index (κ3) is 2.56. The summed E-state index contributed by atoms with van der Waals surface area (Å²) < 4.78 is 5.41. The maximum Gasteiger partial charge on any atom is 0.137 e. The molecule has 5 heteroatoms. The molecule has 0 saturated carbocycles. The Labute approximate surface area is 109 Å². The number of hydrogen-bond donors (Lipinski definition) is 1. The third-order valence-corrected chi connectivity index (χ3v) is 3.35. The van der Waals surface area contributed by atoms with E-state index in [1.54, 1.807) is 7.11 Å². The molecule has 1 aromatic rings. The van der Waals surface area contributed by atoms with Crippen molar-refractivity contribution in [2.24, 2.45) is 0 Å². The molecule has 2 heterocycles. The molecule has 0 aliphatic carbocycles. The Bertz CT molecular complexity index is 422. The van der Waals surface area contributed by atoms with Crippen molar-refractivity contribution in [3.05, 3.63) is 11.4 Å². The van der Waals surface area contributed by atoms with Gasteiger partial charge >= 0.3 is 0 Å². The Morgan fingerprint density at radius 2 is 2.17 bits per heavy atom. The number of aromatic nitrogens is 2. The Morgan fingerprint density at radius 3 is 2.78 bits per heavy atom.